The van der Waals surface area contributed by atoms with Gasteiger partial charge in [-0.15, -0.1) is 0 Å². The molecule has 0 aromatic carbocycles. The number of hydrogen-bond acceptors (Lipinski definition) is 8. The number of nitrogens with two attached hydrogens (primary N) is 1. The number of carbonyl (C=O) groups excluding carboxylic acids is 2. The molecule has 0 radical (unpaired) electrons. The van der Waals surface area contributed by atoms with E-state index in [1.807, 2.05) is 0 Å². The molecule has 0 bridgehead atoms. The summed E-state index contributed by atoms with van der Waals surface area (Å²) in [4.78, 5) is 35.5. The second-order valence-electron chi connectivity index (χ2n) is 25.8. The molecular formula is C83H146NO8P. The Labute approximate surface area is 574 Å². The molecule has 2 atom stereocenters. The number of phosphoric ester groups is 1. The van der Waals surface area contributed by atoms with E-state index in [1.54, 1.807) is 0 Å². The molecule has 0 saturated carbocycles. The zero-order valence-corrected chi connectivity index (χ0v) is 61.4. The number of ether oxygens (including phenoxy) is 2. The molecule has 0 rings (SSSR count). The van der Waals surface area contributed by atoms with E-state index < -0.39 is 26.5 Å². The van der Waals surface area contributed by atoms with Crippen molar-refractivity contribution < 1.29 is 37.6 Å². The lowest BCUT2D eigenvalue weighted by Crippen LogP contribution is -2.29. The van der Waals surface area contributed by atoms with Gasteiger partial charge in [-0.05, 0) is 109 Å². The molecule has 10 heteroatoms. The van der Waals surface area contributed by atoms with Gasteiger partial charge in [0.1, 0.15) is 6.61 Å². The second kappa shape index (κ2) is 77.4. The van der Waals surface area contributed by atoms with Crippen molar-refractivity contribution in [2.75, 3.05) is 26.4 Å². The van der Waals surface area contributed by atoms with Crippen molar-refractivity contribution in [2.24, 2.45) is 5.73 Å². The van der Waals surface area contributed by atoms with Gasteiger partial charge >= 0.3 is 19.8 Å². The van der Waals surface area contributed by atoms with E-state index in [9.17, 15) is 19.0 Å². The van der Waals surface area contributed by atoms with Crippen LogP contribution < -0.4 is 5.73 Å². The topological polar surface area (TPSA) is 134 Å². The van der Waals surface area contributed by atoms with Crippen LogP contribution in [0.1, 0.15) is 361 Å². The number of hydrogen-bond donors (Lipinski definition) is 2. The van der Waals surface area contributed by atoms with Crippen LogP contribution in [0.15, 0.2) is 122 Å². The predicted octanol–water partition coefficient (Wildman–Crippen LogP) is 26.2. The standard InChI is InChI=1S/C83H146NO8P/c1-3-5-7-9-11-13-15-17-19-21-23-25-27-29-31-33-35-37-38-39-40-41-42-44-46-48-50-52-54-56-58-60-62-64-66-68-70-72-74-76-83(86)92-81(80-91-93(87,88)90-78-77-84)79-89-82(85)75-73-71-69-67-65-63-61-59-57-55-53-51-49-47-45-43-36-34-32-30-28-26-24-22-20-18-16-14-12-10-8-6-4-2/h5,7,11,13,16-19,22-25,28-31,35,37,39-40,81H,3-4,6,8-10,12,14-15,20-21,26-27,32-34,36,38,41-80,84H2,1-2H3,(H,87,88)/b7-5-,13-11-,18-16-,19-17-,24-22-,25-23-,30-28-,31-29-,37-35-,40-39-. The van der Waals surface area contributed by atoms with Crippen molar-refractivity contribution >= 4 is 19.8 Å². The molecule has 0 saturated heterocycles. The van der Waals surface area contributed by atoms with Gasteiger partial charge in [0.25, 0.3) is 0 Å². The largest absolute Gasteiger partial charge is 0.472 e. The first-order valence-corrected chi connectivity index (χ1v) is 40.5. The average Bonchev–Trinajstić information content (AvgIpc) is 3.60. The van der Waals surface area contributed by atoms with Crippen LogP contribution in [0.25, 0.3) is 0 Å². The fourth-order valence-electron chi connectivity index (χ4n) is 11.1. The number of carbonyl (C=O) groups is 2. The number of esters is 2. The second-order valence-corrected chi connectivity index (χ2v) is 27.3. The first-order chi connectivity index (χ1) is 45.8. The summed E-state index contributed by atoms with van der Waals surface area (Å²) in [5.74, 6) is -0.816. The van der Waals surface area contributed by atoms with Crippen molar-refractivity contribution in [3.63, 3.8) is 0 Å². The van der Waals surface area contributed by atoms with E-state index in [0.717, 1.165) is 96.3 Å². The van der Waals surface area contributed by atoms with Crippen molar-refractivity contribution in [3.8, 4) is 0 Å². The average molecular weight is 1320 g/mol. The van der Waals surface area contributed by atoms with Crippen LogP contribution in [0.5, 0.6) is 0 Å². The Morgan fingerprint density at radius 2 is 0.591 bits per heavy atom. The first-order valence-electron chi connectivity index (χ1n) is 39.0. The van der Waals surface area contributed by atoms with Gasteiger partial charge in [0.2, 0.25) is 0 Å². The van der Waals surface area contributed by atoms with Crippen LogP contribution in [0, 0.1) is 0 Å². The molecule has 0 aliphatic rings. The zero-order chi connectivity index (χ0) is 67.2. The Bertz CT molecular complexity index is 1950. The van der Waals surface area contributed by atoms with E-state index in [4.69, 9.17) is 24.3 Å². The summed E-state index contributed by atoms with van der Waals surface area (Å²) in [5, 5.41) is 0. The third-order valence-corrected chi connectivity index (χ3v) is 17.8. The molecule has 0 spiro atoms. The molecule has 0 aliphatic heterocycles. The van der Waals surface area contributed by atoms with E-state index in [1.165, 1.54) is 231 Å². The number of phosphoric acid groups is 1. The van der Waals surface area contributed by atoms with Crippen LogP contribution in [0.2, 0.25) is 0 Å². The predicted molar refractivity (Wildman–Crippen MR) is 404 cm³/mol. The maximum Gasteiger partial charge on any atom is 0.472 e. The Morgan fingerprint density at radius 1 is 0.333 bits per heavy atom. The molecule has 9 nitrogen and oxygen atoms in total. The molecule has 0 aliphatic carbocycles. The minimum absolute atomic E-state index is 0.0514. The zero-order valence-electron chi connectivity index (χ0n) is 60.5. The molecule has 93 heavy (non-hydrogen) atoms. The van der Waals surface area contributed by atoms with Crippen molar-refractivity contribution in [1.82, 2.24) is 0 Å². The van der Waals surface area contributed by atoms with Crippen LogP contribution in [-0.4, -0.2) is 49.3 Å². The Hall–Kier alpha value is -3.59. The maximum atomic E-state index is 12.8. The minimum Gasteiger partial charge on any atom is -0.462 e. The first kappa shape index (κ1) is 89.4. The third kappa shape index (κ3) is 77.3. The highest BCUT2D eigenvalue weighted by Crippen LogP contribution is 2.43. The van der Waals surface area contributed by atoms with Gasteiger partial charge in [-0.2, -0.15) is 0 Å². The van der Waals surface area contributed by atoms with E-state index in [2.05, 4.69) is 135 Å². The third-order valence-electron chi connectivity index (χ3n) is 16.8. The van der Waals surface area contributed by atoms with E-state index >= 15 is 0 Å². The molecule has 2 unspecified atom stereocenters. The normalized spacial score (nSPS) is 13.5. The minimum atomic E-state index is -4.40. The van der Waals surface area contributed by atoms with Gasteiger partial charge in [-0.3, -0.25) is 18.6 Å². The van der Waals surface area contributed by atoms with E-state index in [-0.39, 0.29) is 38.6 Å². The van der Waals surface area contributed by atoms with Crippen molar-refractivity contribution in [3.05, 3.63) is 122 Å². The van der Waals surface area contributed by atoms with Gasteiger partial charge in [-0.1, -0.05) is 360 Å². The molecule has 0 heterocycles. The lowest BCUT2D eigenvalue weighted by atomic mass is 10.0. The highest BCUT2D eigenvalue weighted by Gasteiger charge is 2.26. The smallest absolute Gasteiger partial charge is 0.462 e. The molecule has 0 aromatic heterocycles. The molecule has 3 N–H and O–H groups in total. The monoisotopic (exact) mass is 1320 g/mol. The van der Waals surface area contributed by atoms with E-state index in [0.29, 0.717) is 6.42 Å². The van der Waals surface area contributed by atoms with Gasteiger partial charge in [0.05, 0.1) is 13.2 Å². The number of unbranched alkanes of at least 4 members (excludes halogenated alkanes) is 40. The number of rotatable bonds is 73. The van der Waals surface area contributed by atoms with Crippen LogP contribution >= 0.6 is 7.82 Å². The Morgan fingerprint density at radius 3 is 0.882 bits per heavy atom. The van der Waals surface area contributed by atoms with Gasteiger partial charge in [0.15, 0.2) is 6.10 Å². The molecular weight excluding hydrogens is 1170 g/mol. The Balaban J connectivity index is 3.83. The summed E-state index contributed by atoms with van der Waals surface area (Å²) in [5.41, 5.74) is 5.41. The highest BCUT2D eigenvalue weighted by molar-refractivity contribution is 7.47. The summed E-state index contributed by atoms with van der Waals surface area (Å²) < 4.78 is 33.3. The van der Waals surface area contributed by atoms with Crippen molar-refractivity contribution in [1.29, 1.82) is 0 Å². The van der Waals surface area contributed by atoms with Crippen LogP contribution in [-0.2, 0) is 32.7 Å². The molecule has 0 aromatic rings. The van der Waals surface area contributed by atoms with Crippen LogP contribution in [0.4, 0.5) is 0 Å². The van der Waals surface area contributed by atoms with Gasteiger partial charge < -0.3 is 20.1 Å². The quantitative estimate of drug-likeness (QED) is 0.0264. The summed E-state index contributed by atoms with van der Waals surface area (Å²) in [6.45, 7) is 3.66. The number of allylic oxidation sites excluding steroid dienone is 20. The summed E-state index contributed by atoms with van der Waals surface area (Å²) in [6.07, 6.45) is 109. The Kier molecular flexibility index (Phi) is 74.4. The summed E-state index contributed by atoms with van der Waals surface area (Å²) in [6, 6.07) is 0. The maximum absolute atomic E-state index is 12.8. The lowest BCUT2D eigenvalue weighted by Gasteiger charge is -2.19. The fraction of sp³-hybridized carbons (Fsp3) is 0.735. The highest BCUT2D eigenvalue weighted by atomic mass is 31.2. The molecule has 0 fully saturated rings. The SMILES string of the molecule is CC/C=C\C/C=C\C/C=C\C/C=C\C/C=C\C/C=C\C/C=C\CCCCCCCCCCCCCCCCCCCC(=O)OC(COC(=O)CCCCCCCCCCCCCCCCCCCC/C=C\C/C=C\C/C=C\CCCCCCC)COP(=O)(O)OCCN. The lowest BCUT2D eigenvalue weighted by molar-refractivity contribution is -0.161. The molecule has 0 amide bonds. The van der Waals surface area contributed by atoms with Crippen LogP contribution in [0.3, 0.4) is 0 Å². The summed E-state index contributed by atoms with van der Waals surface area (Å²) >= 11 is 0. The summed E-state index contributed by atoms with van der Waals surface area (Å²) in [7, 11) is -4.40. The van der Waals surface area contributed by atoms with Gasteiger partial charge in [0, 0.05) is 19.4 Å². The van der Waals surface area contributed by atoms with Gasteiger partial charge in [-0.25, -0.2) is 4.57 Å². The fourth-order valence-corrected chi connectivity index (χ4v) is 11.9. The molecule has 536 valence electrons. The van der Waals surface area contributed by atoms with Crippen molar-refractivity contribution in [2.45, 2.75) is 367 Å².